The largest absolute Gasteiger partial charge is 0.352 e. The lowest BCUT2D eigenvalue weighted by Gasteiger charge is -2.35. The number of carbonyl (C=O) groups excluding carboxylic acids is 1. The van der Waals surface area contributed by atoms with Gasteiger partial charge in [-0.1, -0.05) is 23.2 Å². The van der Waals surface area contributed by atoms with Gasteiger partial charge in [-0.2, -0.15) is 5.10 Å². The lowest BCUT2D eigenvalue weighted by Crippen LogP contribution is -2.49. The summed E-state index contributed by atoms with van der Waals surface area (Å²) in [6.45, 7) is 6.40. The van der Waals surface area contributed by atoms with Gasteiger partial charge in [-0.15, -0.1) is 0 Å². The van der Waals surface area contributed by atoms with E-state index in [2.05, 4.69) is 15.0 Å². The third kappa shape index (κ3) is 4.06. The van der Waals surface area contributed by atoms with Crippen molar-refractivity contribution in [3.05, 3.63) is 63.7 Å². The summed E-state index contributed by atoms with van der Waals surface area (Å²) in [4.78, 5) is 25.8. The minimum absolute atomic E-state index is 0.0891. The van der Waals surface area contributed by atoms with Crippen LogP contribution in [0.3, 0.4) is 0 Å². The summed E-state index contributed by atoms with van der Waals surface area (Å²) in [7, 11) is 0. The van der Waals surface area contributed by atoms with Gasteiger partial charge in [-0.3, -0.25) is 9.78 Å². The van der Waals surface area contributed by atoms with Crippen LogP contribution in [0.5, 0.6) is 0 Å². The van der Waals surface area contributed by atoms with Gasteiger partial charge in [0.15, 0.2) is 5.82 Å². The average molecular weight is 431 g/mol. The summed E-state index contributed by atoms with van der Waals surface area (Å²) in [6, 6.07) is 6.94. The summed E-state index contributed by atoms with van der Waals surface area (Å²) in [6.07, 6.45) is 3.44. The average Bonchev–Trinajstić information content (AvgIpc) is 3.06. The minimum atomic E-state index is -0.0891. The van der Waals surface area contributed by atoms with Crippen molar-refractivity contribution in [1.29, 1.82) is 0 Å². The van der Waals surface area contributed by atoms with Crippen molar-refractivity contribution < 1.29 is 4.79 Å². The van der Waals surface area contributed by atoms with Crippen LogP contribution in [0.1, 0.15) is 21.7 Å². The highest BCUT2D eigenvalue weighted by Crippen LogP contribution is 2.23. The molecule has 0 atom stereocenters. The molecule has 1 fully saturated rings. The van der Waals surface area contributed by atoms with E-state index in [0.717, 1.165) is 17.2 Å². The van der Waals surface area contributed by atoms with E-state index in [1.165, 1.54) is 0 Å². The molecule has 0 bridgehead atoms. The Balaban J connectivity index is 1.47. The zero-order valence-electron chi connectivity index (χ0n) is 16.1. The number of nitrogens with zero attached hydrogens (tertiary/aromatic N) is 6. The number of aromatic nitrogens is 4. The van der Waals surface area contributed by atoms with Gasteiger partial charge in [0.25, 0.3) is 5.91 Å². The lowest BCUT2D eigenvalue weighted by molar-refractivity contribution is 0.0746. The summed E-state index contributed by atoms with van der Waals surface area (Å²) >= 11 is 12.1. The fourth-order valence-electron chi connectivity index (χ4n) is 3.43. The van der Waals surface area contributed by atoms with Gasteiger partial charge in [-0.05, 0) is 38.1 Å². The molecule has 1 aliphatic heterocycles. The van der Waals surface area contributed by atoms with Gasteiger partial charge in [0.05, 0.1) is 28.7 Å². The number of hydrogen-bond acceptors (Lipinski definition) is 5. The maximum absolute atomic E-state index is 12.8. The van der Waals surface area contributed by atoms with Gasteiger partial charge < -0.3 is 9.80 Å². The van der Waals surface area contributed by atoms with E-state index in [1.807, 2.05) is 19.9 Å². The Kier molecular flexibility index (Phi) is 5.43. The number of piperazine rings is 1. The van der Waals surface area contributed by atoms with Gasteiger partial charge in [0.1, 0.15) is 5.82 Å². The number of aryl methyl sites for hydroxylation is 2. The van der Waals surface area contributed by atoms with Crippen molar-refractivity contribution in [2.24, 2.45) is 0 Å². The molecular formula is C20H20Cl2N6O. The van der Waals surface area contributed by atoms with Crippen LogP contribution < -0.4 is 4.90 Å². The van der Waals surface area contributed by atoms with E-state index >= 15 is 0 Å². The third-order valence-electron chi connectivity index (χ3n) is 4.89. The molecule has 1 amide bonds. The highest BCUT2D eigenvalue weighted by Gasteiger charge is 2.24. The van der Waals surface area contributed by atoms with Gasteiger partial charge in [0.2, 0.25) is 0 Å². The van der Waals surface area contributed by atoms with E-state index in [1.54, 1.807) is 40.2 Å². The SMILES string of the molecule is Cc1cc(C)n(-c2cncc(N3CCN(C(=O)c4ccc(Cl)cc4Cl)CC3)n2)n1. The van der Waals surface area contributed by atoms with Crippen molar-refractivity contribution in [3.8, 4) is 5.82 Å². The Bertz CT molecular complexity index is 1060. The summed E-state index contributed by atoms with van der Waals surface area (Å²) in [5, 5.41) is 5.35. The molecule has 29 heavy (non-hydrogen) atoms. The second-order valence-electron chi connectivity index (χ2n) is 6.98. The van der Waals surface area contributed by atoms with Crippen LogP contribution in [0.2, 0.25) is 10.0 Å². The predicted molar refractivity (Wildman–Crippen MR) is 113 cm³/mol. The first kappa shape index (κ1) is 19.7. The number of benzene rings is 1. The molecule has 0 spiro atoms. The van der Waals surface area contributed by atoms with Crippen molar-refractivity contribution in [2.45, 2.75) is 13.8 Å². The molecule has 4 rings (SSSR count). The number of halogens is 2. The maximum Gasteiger partial charge on any atom is 0.255 e. The molecule has 1 aromatic carbocycles. The zero-order chi connectivity index (χ0) is 20.5. The van der Waals surface area contributed by atoms with Gasteiger partial charge >= 0.3 is 0 Å². The summed E-state index contributed by atoms with van der Waals surface area (Å²) in [5.41, 5.74) is 2.41. The number of anilines is 1. The summed E-state index contributed by atoms with van der Waals surface area (Å²) in [5.74, 6) is 1.36. The van der Waals surface area contributed by atoms with E-state index in [-0.39, 0.29) is 5.91 Å². The Hall–Kier alpha value is -2.64. The summed E-state index contributed by atoms with van der Waals surface area (Å²) < 4.78 is 1.79. The minimum Gasteiger partial charge on any atom is -0.352 e. The molecule has 9 heteroatoms. The first-order valence-electron chi connectivity index (χ1n) is 9.27. The smallest absolute Gasteiger partial charge is 0.255 e. The normalized spacial score (nSPS) is 14.3. The molecule has 0 aliphatic carbocycles. The van der Waals surface area contributed by atoms with E-state index in [0.29, 0.717) is 47.6 Å². The molecule has 3 heterocycles. The van der Waals surface area contributed by atoms with Crippen molar-refractivity contribution in [3.63, 3.8) is 0 Å². The molecule has 3 aromatic rings. The second-order valence-corrected chi connectivity index (χ2v) is 7.82. The molecule has 0 saturated carbocycles. The number of amides is 1. The van der Waals surface area contributed by atoms with Gasteiger partial charge in [0, 0.05) is 36.9 Å². The number of rotatable bonds is 3. The quantitative estimate of drug-likeness (QED) is 0.635. The van der Waals surface area contributed by atoms with Crippen LogP contribution in [0.4, 0.5) is 5.82 Å². The number of hydrogen-bond donors (Lipinski definition) is 0. The third-order valence-corrected chi connectivity index (χ3v) is 5.44. The maximum atomic E-state index is 12.8. The molecule has 0 radical (unpaired) electrons. The standard InChI is InChI=1S/C20H20Cl2N6O/c1-13-9-14(2)28(25-13)19-12-23-11-18(24-19)26-5-7-27(8-6-26)20(29)16-4-3-15(21)10-17(16)22/h3-4,9-12H,5-8H2,1-2H3. The first-order valence-corrected chi connectivity index (χ1v) is 10.0. The van der Waals surface area contributed by atoms with Crippen molar-refractivity contribution in [1.82, 2.24) is 24.6 Å². The Morgan fingerprint density at radius 1 is 1.00 bits per heavy atom. The van der Waals surface area contributed by atoms with Crippen molar-refractivity contribution >= 4 is 34.9 Å². The van der Waals surface area contributed by atoms with E-state index in [9.17, 15) is 4.79 Å². The molecule has 1 saturated heterocycles. The predicted octanol–water partition coefficient (Wildman–Crippen LogP) is 3.55. The fraction of sp³-hybridized carbons (Fsp3) is 0.300. The van der Waals surface area contributed by atoms with Crippen LogP contribution in [0.15, 0.2) is 36.7 Å². The molecule has 0 unspecified atom stereocenters. The van der Waals surface area contributed by atoms with Crippen molar-refractivity contribution in [2.75, 3.05) is 31.1 Å². The van der Waals surface area contributed by atoms with Crippen LogP contribution in [-0.4, -0.2) is 56.7 Å². The van der Waals surface area contributed by atoms with Crippen LogP contribution >= 0.6 is 23.2 Å². The second kappa shape index (κ2) is 8.00. The molecule has 2 aromatic heterocycles. The molecule has 0 N–H and O–H groups in total. The molecule has 7 nitrogen and oxygen atoms in total. The lowest BCUT2D eigenvalue weighted by atomic mass is 10.2. The number of carbonyl (C=O) groups is 1. The Morgan fingerprint density at radius 3 is 2.38 bits per heavy atom. The highest BCUT2D eigenvalue weighted by molar-refractivity contribution is 6.36. The Labute approximate surface area is 178 Å². The monoisotopic (exact) mass is 430 g/mol. The Morgan fingerprint density at radius 2 is 1.72 bits per heavy atom. The van der Waals surface area contributed by atoms with E-state index < -0.39 is 0 Å². The van der Waals surface area contributed by atoms with Crippen LogP contribution in [0, 0.1) is 13.8 Å². The topological polar surface area (TPSA) is 67.2 Å². The van der Waals surface area contributed by atoms with Crippen LogP contribution in [-0.2, 0) is 0 Å². The highest BCUT2D eigenvalue weighted by atomic mass is 35.5. The zero-order valence-corrected chi connectivity index (χ0v) is 17.7. The van der Waals surface area contributed by atoms with E-state index in [4.69, 9.17) is 28.2 Å². The van der Waals surface area contributed by atoms with Gasteiger partial charge in [-0.25, -0.2) is 9.67 Å². The van der Waals surface area contributed by atoms with Crippen LogP contribution in [0.25, 0.3) is 5.82 Å². The molecular weight excluding hydrogens is 411 g/mol. The molecule has 150 valence electrons. The molecule has 1 aliphatic rings. The fourth-order valence-corrected chi connectivity index (χ4v) is 3.92. The first-order chi connectivity index (χ1) is 13.9.